The molecule has 0 radical (unpaired) electrons. The molecule has 2 aliphatic rings. The number of hydrogen-bond donors (Lipinski definition) is 1. The lowest BCUT2D eigenvalue weighted by Gasteiger charge is -2.24. The monoisotopic (exact) mass is 300 g/mol. The molecule has 1 saturated carbocycles. The van der Waals surface area contributed by atoms with E-state index in [1.165, 1.54) is 7.11 Å². The number of methoxy groups -OCH3 is 1. The molecule has 1 aliphatic carbocycles. The van der Waals surface area contributed by atoms with Crippen molar-refractivity contribution in [2.45, 2.75) is 43.5 Å². The van der Waals surface area contributed by atoms with E-state index >= 15 is 0 Å². The van der Waals surface area contributed by atoms with Gasteiger partial charge in [0.1, 0.15) is 5.78 Å². The number of ether oxygens (including phenoxy) is 1. The van der Waals surface area contributed by atoms with Crippen molar-refractivity contribution in [2.24, 2.45) is 0 Å². The van der Waals surface area contributed by atoms with Gasteiger partial charge in [0.2, 0.25) is 0 Å². The van der Waals surface area contributed by atoms with Crippen molar-refractivity contribution in [2.75, 3.05) is 32.5 Å². The average molecular weight is 300 g/mol. The fourth-order valence-corrected chi connectivity index (χ4v) is 4.03. The second-order valence-electron chi connectivity index (χ2n) is 5.35. The standard InChI is InChI=1S/C14H24N2O3S/c1-19-14(18)13-16(9-10-20-13)8-4-7-15-11-5-2-3-6-12(11)17/h11,13,15H,2-10H2,1H3. The zero-order valence-electron chi connectivity index (χ0n) is 12.1. The Kier molecular flexibility index (Phi) is 6.32. The van der Waals surface area contributed by atoms with E-state index in [0.717, 1.165) is 57.5 Å². The van der Waals surface area contributed by atoms with Crippen LogP contribution in [0.25, 0.3) is 0 Å². The van der Waals surface area contributed by atoms with Crippen LogP contribution in [0.2, 0.25) is 0 Å². The van der Waals surface area contributed by atoms with Crippen molar-refractivity contribution >= 4 is 23.5 Å². The lowest BCUT2D eigenvalue weighted by atomic mass is 9.94. The first-order valence-electron chi connectivity index (χ1n) is 7.42. The van der Waals surface area contributed by atoms with Crippen LogP contribution < -0.4 is 5.32 Å². The molecule has 2 atom stereocenters. The summed E-state index contributed by atoms with van der Waals surface area (Å²) in [5, 5.41) is 3.21. The highest BCUT2D eigenvalue weighted by Crippen LogP contribution is 2.24. The number of thioether (sulfide) groups is 1. The van der Waals surface area contributed by atoms with E-state index < -0.39 is 0 Å². The number of esters is 1. The third kappa shape index (κ3) is 4.20. The highest BCUT2D eigenvalue weighted by molar-refractivity contribution is 8.00. The predicted octanol–water partition coefficient (Wildman–Crippen LogP) is 1.03. The average Bonchev–Trinajstić information content (AvgIpc) is 2.93. The van der Waals surface area contributed by atoms with Crippen LogP contribution in [0.15, 0.2) is 0 Å². The maximum atomic E-state index is 11.7. The third-order valence-electron chi connectivity index (χ3n) is 3.96. The first-order valence-corrected chi connectivity index (χ1v) is 8.47. The minimum Gasteiger partial charge on any atom is -0.467 e. The smallest absolute Gasteiger partial charge is 0.333 e. The Bertz CT molecular complexity index is 351. The summed E-state index contributed by atoms with van der Waals surface area (Å²) in [6.07, 6.45) is 4.85. The lowest BCUT2D eigenvalue weighted by molar-refractivity contribution is -0.143. The van der Waals surface area contributed by atoms with E-state index in [1.54, 1.807) is 11.8 Å². The van der Waals surface area contributed by atoms with Crippen LogP contribution in [0, 0.1) is 0 Å². The highest BCUT2D eigenvalue weighted by Gasteiger charge is 2.31. The Morgan fingerprint density at radius 2 is 2.35 bits per heavy atom. The largest absolute Gasteiger partial charge is 0.467 e. The summed E-state index contributed by atoms with van der Waals surface area (Å²) in [7, 11) is 1.44. The highest BCUT2D eigenvalue weighted by atomic mass is 32.2. The Morgan fingerprint density at radius 1 is 1.50 bits per heavy atom. The van der Waals surface area contributed by atoms with Crippen molar-refractivity contribution in [1.82, 2.24) is 10.2 Å². The molecule has 1 heterocycles. The third-order valence-corrected chi connectivity index (χ3v) is 5.18. The van der Waals surface area contributed by atoms with Gasteiger partial charge in [0.05, 0.1) is 13.2 Å². The second kappa shape index (κ2) is 8.00. The maximum absolute atomic E-state index is 11.7. The van der Waals surface area contributed by atoms with E-state index in [-0.39, 0.29) is 17.4 Å². The minimum atomic E-state index is -0.150. The fourth-order valence-electron chi connectivity index (χ4n) is 2.81. The molecule has 0 aromatic carbocycles. The zero-order valence-corrected chi connectivity index (χ0v) is 12.9. The lowest BCUT2D eigenvalue weighted by Crippen LogP contribution is -2.41. The molecule has 0 aromatic rings. The number of carbonyl (C=O) groups excluding carboxylic acids is 2. The SMILES string of the molecule is COC(=O)C1SCCN1CCCNC1CCCCC1=O. The van der Waals surface area contributed by atoms with Gasteiger partial charge in [-0.3, -0.25) is 9.69 Å². The summed E-state index contributed by atoms with van der Waals surface area (Å²) in [4.78, 5) is 25.5. The molecule has 0 amide bonds. The molecule has 2 fully saturated rings. The molecule has 0 bridgehead atoms. The number of nitrogens with zero attached hydrogens (tertiary/aromatic N) is 1. The summed E-state index contributed by atoms with van der Waals surface area (Å²) in [5.74, 6) is 1.19. The molecule has 1 aliphatic heterocycles. The Morgan fingerprint density at radius 3 is 3.10 bits per heavy atom. The van der Waals surface area contributed by atoms with Crippen molar-refractivity contribution < 1.29 is 14.3 Å². The zero-order chi connectivity index (χ0) is 14.4. The molecule has 20 heavy (non-hydrogen) atoms. The van der Waals surface area contributed by atoms with Crippen LogP contribution in [-0.4, -0.2) is 60.6 Å². The molecule has 114 valence electrons. The Balaban J connectivity index is 1.65. The van der Waals surface area contributed by atoms with Crippen molar-refractivity contribution in [1.29, 1.82) is 0 Å². The summed E-state index contributed by atoms with van der Waals surface area (Å²) < 4.78 is 4.82. The Labute approximate surface area is 124 Å². The number of nitrogens with one attached hydrogen (secondary N) is 1. The quantitative estimate of drug-likeness (QED) is 0.584. The topological polar surface area (TPSA) is 58.6 Å². The van der Waals surface area contributed by atoms with Crippen molar-refractivity contribution in [3.05, 3.63) is 0 Å². The van der Waals surface area contributed by atoms with Crippen LogP contribution in [-0.2, 0) is 14.3 Å². The normalized spacial score (nSPS) is 27.8. The molecule has 0 spiro atoms. The van der Waals surface area contributed by atoms with Gasteiger partial charge in [-0.2, -0.15) is 0 Å². The van der Waals surface area contributed by atoms with Gasteiger partial charge in [-0.1, -0.05) is 6.42 Å². The minimum absolute atomic E-state index is 0.0631. The molecule has 2 rings (SSSR count). The molecule has 2 unspecified atom stereocenters. The van der Waals surface area contributed by atoms with Crippen molar-refractivity contribution in [3.8, 4) is 0 Å². The maximum Gasteiger partial charge on any atom is 0.333 e. The summed E-state index contributed by atoms with van der Waals surface area (Å²) in [6, 6.07) is 0.0631. The number of hydrogen-bond acceptors (Lipinski definition) is 6. The van der Waals surface area contributed by atoms with E-state index in [0.29, 0.717) is 5.78 Å². The predicted molar refractivity (Wildman–Crippen MR) is 79.7 cm³/mol. The summed E-state index contributed by atoms with van der Waals surface area (Å²) in [5.41, 5.74) is 0. The van der Waals surface area contributed by atoms with Gasteiger partial charge >= 0.3 is 5.97 Å². The molecule has 0 aromatic heterocycles. The van der Waals surface area contributed by atoms with E-state index in [1.807, 2.05) is 0 Å². The number of rotatable bonds is 6. The van der Waals surface area contributed by atoms with Gasteiger partial charge in [0.25, 0.3) is 0 Å². The molecule has 1 N–H and O–H groups in total. The van der Waals surface area contributed by atoms with E-state index in [2.05, 4.69) is 10.2 Å². The van der Waals surface area contributed by atoms with Gasteiger partial charge in [-0.15, -0.1) is 11.8 Å². The van der Waals surface area contributed by atoms with Crippen molar-refractivity contribution in [3.63, 3.8) is 0 Å². The molecule has 5 nitrogen and oxygen atoms in total. The summed E-state index contributed by atoms with van der Waals surface area (Å²) >= 11 is 1.65. The molecular formula is C14H24N2O3S. The fraction of sp³-hybridized carbons (Fsp3) is 0.857. The van der Waals surface area contributed by atoms with Crippen LogP contribution in [0.1, 0.15) is 32.1 Å². The van der Waals surface area contributed by atoms with E-state index in [4.69, 9.17) is 4.74 Å². The van der Waals surface area contributed by atoms with Gasteiger partial charge in [-0.25, -0.2) is 4.79 Å². The summed E-state index contributed by atoms with van der Waals surface area (Å²) in [6.45, 7) is 2.65. The Hall–Kier alpha value is -0.590. The molecule has 6 heteroatoms. The second-order valence-corrected chi connectivity index (χ2v) is 6.54. The van der Waals surface area contributed by atoms with Crippen LogP contribution >= 0.6 is 11.8 Å². The van der Waals surface area contributed by atoms with Gasteiger partial charge in [-0.05, 0) is 25.8 Å². The van der Waals surface area contributed by atoms with Crippen LogP contribution in [0.5, 0.6) is 0 Å². The van der Waals surface area contributed by atoms with Crippen LogP contribution in [0.3, 0.4) is 0 Å². The first kappa shape index (κ1) is 15.8. The first-order chi connectivity index (χ1) is 9.72. The number of Topliss-reactive ketones (excluding diaryl/α,β-unsaturated/α-hetero) is 1. The molecular weight excluding hydrogens is 276 g/mol. The van der Waals surface area contributed by atoms with Crippen LogP contribution in [0.4, 0.5) is 0 Å². The number of carbonyl (C=O) groups is 2. The number of ketones is 1. The van der Waals surface area contributed by atoms with Gasteiger partial charge < -0.3 is 10.1 Å². The molecule has 1 saturated heterocycles. The van der Waals surface area contributed by atoms with Gasteiger partial charge in [0.15, 0.2) is 5.37 Å². The van der Waals surface area contributed by atoms with E-state index in [9.17, 15) is 9.59 Å². The van der Waals surface area contributed by atoms with Gasteiger partial charge in [0, 0.05) is 25.3 Å².